The van der Waals surface area contributed by atoms with Crippen LogP contribution in [0.1, 0.15) is 32.3 Å². The van der Waals surface area contributed by atoms with E-state index in [1.54, 1.807) is 11.8 Å². The Hall–Kier alpha value is -2.62. The molecular weight excluding hydrogens is 486 g/mol. The van der Waals surface area contributed by atoms with E-state index >= 15 is 0 Å². The van der Waals surface area contributed by atoms with Gasteiger partial charge in [-0.15, -0.1) is 23.5 Å². The van der Waals surface area contributed by atoms with Gasteiger partial charge in [0.2, 0.25) is 0 Å². The maximum atomic E-state index is 10.5. The molecule has 0 radical (unpaired) electrons. The second-order valence-corrected chi connectivity index (χ2v) is 10.6. The Morgan fingerprint density at radius 1 is 1.11 bits per heavy atom. The van der Waals surface area contributed by atoms with E-state index in [0.717, 1.165) is 34.3 Å². The number of para-hydroxylation sites is 2. The molecule has 0 unspecified atom stereocenters. The summed E-state index contributed by atoms with van der Waals surface area (Å²) in [7, 11) is 0. The molecule has 3 rings (SSSR count). The number of fused-ring (bicyclic) bond motifs is 1. The third-order valence-electron chi connectivity index (χ3n) is 5.03. The van der Waals surface area contributed by atoms with E-state index in [2.05, 4.69) is 38.2 Å². The molecule has 0 spiro atoms. The fourth-order valence-electron chi connectivity index (χ4n) is 3.16. The summed E-state index contributed by atoms with van der Waals surface area (Å²) in [5.41, 5.74) is 1.03. The predicted molar refractivity (Wildman–Crippen MR) is 141 cm³/mol. The number of nitrogens with one attached hydrogen (secondary N) is 1. The van der Waals surface area contributed by atoms with Crippen molar-refractivity contribution in [3.63, 3.8) is 0 Å². The van der Waals surface area contributed by atoms with Crippen LogP contribution in [-0.4, -0.2) is 58.0 Å². The smallest absolute Gasteiger partial charge is 0.328 e. The first kappa shape index (κ1) is 28.6. The predicted octanol–water partition coefficient (Wildman–Crippen LogP) is 5.10. The molecule has 2 aromatic rings. The maximum Gasteiger partial charge on any atom is 0.328 e. The number of thioether (sulfide) groups is 2. The highest BCUT2D eigenvalue weighted by atomic mass is 32.2. The summed E-state index contributed by atoms with van der Waals surface area (Å²) in [6, 6.07) is 14.7. The van der Waals surface area contributed by atoms with Gasteiger partial charge >= 0.3 is 11.9 Å². The Kier molecular flexibility index (Phi) is 12.0. The number of phenolic OH excluding ortho intramolecular Hbond substituents is 1. The number of hydrogen-bond acceptors (Lipinski definition) is 7. The van der Waals surface area contributed by atoms with Crippen LogP contribution >= 0.6 is 23.5 Å². The molecule has 1 aliphatic heterocycles. The summed E-state index contributed by atoms with van der Waals surface area (Å²) in [5.74, 6) is 1.77. The van der Waals surface area contributed by atoms with Crippen LogP contribution in [0.5, 0.6) is 11.5 Å². The van der Waals surface area contributed by atoms with Crippen molar-refractivity contribution in [3.8, 4) is 11.5 Å². The number of hydrogen-bond donors (Lipinski definition) is 4. The molecule has 9 heteroatoms. The van der Waals surface area contributed by atoms with Gasteiger partial charge in [-0.3, -0.25) is 0 Å². The Labute approximate surface area is 215 Å². The number of rotatable bonds is 9. The van der Waals surface area contributed by atoms with Gasteiger partial charge in [0.05, 0.1) is 6.04 Å². The van der Waals surface area contributed by atoms with Crippen LogP contribution in [0.3, 0.4) is 0 Å². The minimum Gasteiger partial charge on any atom is -0.506 e. The van der Waals surface area contributed by atoms with E-state index in [0.29, 0.717) is 42.4 Å². The van der Waals surface area contributed by atoms with Crippen molar-refractivity contribution in [1.82, 2.24) is 5.32 Å². The molecule has 2 aromatic carbocycles. The maximum absolute atomic E-state index is 10.5. The minimum atomic E-state index is -1.26. The zero-order valence-corrected chi connectivity index (χ0v) is 21.8. The lowest BCUT2D eigenvalue weighted by Crippen LogP contribution is -2.39. The molecule has 1 heterocycles. The van der Waals surface area contributed by atoms with Gasteiger partial charge in [-0.1, -0.05) is 45.0 Å². The van der Waals surface area contributed by atoms with Crippen molar-refractivity contribution in [2.24, 2.45) is 5.92 Å². The first-order valence-corrected chi connectivity index (χ1v) is 13.3. The summed E-state index contributed by atoms with van der Waals surface area (Å²) in [6.07, 6.45) is 1.12. The number of ether oxygens (including phenoxy) is 1. The highest BCUT2D eigenvalue weighted by Crippen LogP contribution is 2.36. The standard InChI is InChI=1S/C22H29NO2S2.C4H4O4/c1-15(2)18-7-6-10-21(22(18)24)26-13-16(3)11-23-17-12-25-19-8-4-5-9-20(19)27-14-17;5-3(6)1-2-4(7)8/h4-10,15-17,23-24H,11-14H2,1-3H3;1-2H,(H,5,6)(H,7,8)/b;2-1-/t16-,17+;/m0./s1. The van der Waals surface area contributed by atoms with E-state index in [4.69, 9.17) is 14.9 Å². The topological polar surface area (TPSA) is 116 Å². The van der Waals surface area contributed by atoms with Crippen LogP contribution in [0.15, 0.2) is 64.4 Å². The van der Waals surface area contributed by atoms with Crippen molar-refractivity contribution >= 4 is 35.5 Å². The number of phenols is 1. The largest absolute Gasteiger partial charge is 0.506 e. The van der Waals surface area contributed by atoms with Crippen LogP contribution in [-0.2, 0) is 9.59 Å². The second-order valence-electron chi connectivity index (χ2n) is 8.45. The Morgan fingerprint density at radius 2 is 1.80 bits per heavy atom. The Balaban J connectivity index is 0.000000466. The lowest BCUT2D eigenvalue weighted by Gasteiger charge is -2.19. The number of benzene rings is 2. The number of carboxylic acid groups (broad SMARTS) is 2. The van der Waals surface area contributed by atoms with E-state index in [9.17, 15) is 14.7 Å². The van der Waals surface area contributed by atoms with Gasteiger partial charge < -0.3 is 25.4 Å². The van der Waals surface area contributed by atoms with Gasteiger partial charge in [0, 0.05) is 33.4 Å². The average molecular weight is 520 g/mol. The van der Waals surface area contributed by atoms with Crippen LogP contribution in [0.25, 0.3) is 0 Å². The molecule has 190 valence electrons. The molecule has 0 saturated carbocycles. The van der Waals surface area contributed by atoms with Gasteiger partial charge in [-0.05, 0) is 42.1 Å². The molecule has 7 nitrogen and oxygen atoms in total. The SMILES string of the molecule is CC(C)c1cccc(SC[C@@H](C)CN[C@@H]2COc3ccccc3SC2)c1O.O=C(O)/C=C\C(=O)O. The molecule has 0 aromatic heterocycles. The van der Waals surface area contributed by atoms with Crippen molar-refractivity contribution in [1.29, 1.82) is 0 Å². The first-order valence-electron chi connectivity index (χ1n) is 11.3. The molecule has 4 N–H and O–H groups in total. The first-order chi connectivity index (χ1) is 16.7. The number of aromatic hydroxyl groups is 1. The molecule has 0 aliphatic carbocycles. The number of carbonyl (C=O) groups is 2. The fourth-order valence-corrected chi connectivity index (χ4v) is 5.21. The van der Waals surface area contributed by atoms with Crippen molar-refractivity contribution < 1.29 is 29.6 Å². The molecule has 35 heavy (non-hydrogen) atoms. The lowest BCUT2D eigenvalue weighted by molar-refractivity contribution is -0.134. The lowest BCUT2D eigenvalue weighted by atomic mass is 10.0. The molecule has 1 aliphatic rings. The molecule has 0 fully saturated rings. The number of aliphatic carboxylic acids is 2. The van der Waals surface area contributed by atoms with Crippen molar-refractivity contribution in [3.05, 3.63) is 60.2 Å². The Bertz CT molecular complexity index is 968. The van der Waals surface area contributed by atoms with Crippen LogP contribution in [0, 0.1) is 5.92 Å². The second kappa shape index (κ2) is 14.7. The molecule has 0 bridgehead atoms. The van der Waals surface area contributed by atoms with Gasteiger partial charge in [-0.25, -0.2) is 9.59 Å². The van der Waals surface area contributed by atoms with Crippen LogP contribution in [0.2, 0.25) is 0 Å². The van der Waals surface area contributed by atoms with Crippen molar-refractivity contribution in [2.45, 2.75) is 42.5 Å². The monoisotopic (exact) mass is 519 g/mol. The van der Waals surface area contributed by atoms with Gasteiger partial charge in [0.1, 0.15) is 18.1 Å². The molecule has 2 atom stereocenters. The molecular formula is C26H33NO6S2. The van der Waals surface area contributed by atoms with E-state index in [1.807, 2.05) is 42.1 Å². The quantitative estimate of drug-likeness (QED) is 0.265. The summed E-state index contributed by atoms with van der Waals surface area (Å²) >= 11 is 3.60. The third-order valence-corrected chi connectivity index (χ3v) is 7.62. The fraction of sp³-hybridized carbons (Fsp3) is 0.385. The van der Waals surface area contributed by atoms with Gasteiger partial charge in [0.15, 0.2) is 0 Å². The van der Waals surface area contributed by atoms with Gasteiger partial charge in [0.25, 0.3) is 0 Å². The minimum absolute atomic E-state index is 0.335. The van der Waals surface area contributed by atoms with E-state index in [1.165, 1.54) is 4.90 Å². The molecule has 0 saturated heterocycles. The van der Waals surface area contributed by atoms with E-state index in [-0.39, 0.29) is 0 Å². The average Bonchev–Trinajstić information content (AvgIpc) is 3.03. The zero-order valence-electron chi connectivity index (χ0n) is 20.1. The number of carboxylic acids is 2. The van der Waals surface area contributed by atoms with Crippen LogP contribution in [0.4, 0.5) is 0 Å². The highest BCUT2D eigenvalue weighted by Gasteiger charge is 2.18. The Morgan fingerprint density at radius 3 is 2.46 bits per heavy atom. The summed E-state index contributed by atoms with van der Waals surface area (Å²) in [5, 5.41) is 29.7. The molecule has 0 amide bonds. The third kappa shape index (κ3) is 10.3. The highest BCUT2D eigenvalue weighted by molar-refractivity contribution is 7.99. The van der Waals surface area contributed by atoms with Crippen molar-refractivity contribution in [2.75, 3.05) is 24.7 Å². The zero-order chi connectivity index (χ0) is 25.8. The summed E-state index contributed by atoms with van der Waals surface area (Å²) in [4.78, 5) is 21.3. The summed E-state index contributed by atoms with van der Waals surface area (Å²) < 4.78 is 5.95. The van der Waals surface area contributed by atoms with Crippen LogP contribution < -0.4 is 10.1 Å². The van der Waals surface area contributed by atoms with E-state index < -0.39 is 11.9 Å². The summed E-state index contributed by atoms with van der Waals surface area (Å²) in [6.45, 7) is 8.13. The normalized spacial score (nSPS) is 15.9. The van der Waals surface area contributed by atoms with Gasteiger partial charge in [-0.2, -0.15) is 0 Å².